The number of anilines is 1. The molecular weight excluding hydrogens is 216 g/mol. The van der Waals surface area contributed by atoms with E-state index in [1.807, 2.05) is 6.07 Å². The topological polar surface area (TPSA) is 62.1 Å². The summed E-state index contributed by atoms with van der Waals surface area (Å²) in [6, 6.07) is 8.57. The lowest BCUT2D eigenvalue weighted by Gasteiger charge is -2.11. The number of hydrogen-bond acceptors (Lipinski definition) is 3. The van der Waals surface area contributed by atoms with Gasteiger partial charge < -0.3 is 10.1 Å². The van der Waals surface area contributed by atoms with E-state index in [0.717, 1.165) is 0 Å². The van der Waals surface area contributed by atoms with Crippen molar-refractivity contribution in [3.63, 3.8) is 0 Å². The lowest BCUT2D eigenvalue weighted by molar-refractivity contribution is -0.125. The van der Waals surface area contributed by atoms with E-state index in [2.05, 4.69) is 11.2 Å². The molecule has 0 radical (unpaired) electrons. The van der Waals surface area contributed by atoms with Crippen LogP contribution >= 0.6 is 0 Å². The number of amides is 1. The van der Waals surface area contributed by atoms with Crippen LogP contribution in [0.1, 0.15) is 12.5 Å². The van der Waals surface area contributed by atoms with E-state index in [1.54, 1.807) is 31.2 Å². The fourth-order valence-corrected chi connectivity index (χ4v) is 1.12. The number of rotatable bonds is 4. The Morgan fingerprint density at radius 3 is 2.71 bits per heavy atom. The molecule has 0 fully saturated rings. The zero-order valence-electron chi connectivity index (χ0n) is 9.43. The van der Waals surface area contributed by atoms with Gasteiger partial charge in [-0.05, 0) is 31.2 Å². The minimum atomic E-state index is -0.610. The van der Waals surface area contributed by atoms with Crippen LogP contribution in [0.15, 0.2) is 24.3 Å². The molecule has 0 aliphatic heterocycles. The predicted molar refractivity (Wildman–Crippen MR) is 64.0 cm³/mol. The van der Waals surface area contributed by atoms with Crippen molar-refractivity contribution in [1.82, 2.24) is 0 Å². The van der Waals surface area contributed by atoms with Crippen molar-refractivity contribution in [2.24, 2.45) is 0 Å². The zero-order valence-corrected chi connectivity index (χ0v) is 9.43. The minimum absolute atomic E-state index is 0.0992. The molecule has 0 bridgehead atoms. The lowest BCUT2D eigenvalue weighted by Crippen LogP contribution is -2.27. The van der Waals surface area contributed by atoms with Crippen LogP contribution in [0.4, 0.5) is 5.69 Å². The molecule has 1 rings (SSSR count). The molecule has 1 atom stereocenters. The zero-order chi connectivity index (χ0) is 12.7. The monoisotopic (exact) mass is 228 g/mol. The Morgan fingerprint density at radius 1 is 1.53 bits per heavy atom. The highest BCUT2D eigenvalue weighted by Gasteiger charge is 2.12. The van der Waals surface area contributed by atoms with Crippen LogP contribution in [-0.2, 0) is 9.53 Å². The molecule has 86 valence electrons. The third-order valence-electron chi connectivity index (χ3n) is 2.07. The summed E-state index contributed by atoms with van der Waals surface area (Å²) in [5.74, 6) is 2.02. The van der Waals surface area contributed by atoms with Crippen molar-refractivity contribution in [1.29, 1.82) is 5.26 Å². The maximum atomic E-state index is 11.6. The van der Waals surface area contributed by atoms with Gasteiger partial charge in [0.25, 0.3) is 5.91 Å². The van der Waals surface area contributed by atoms with E-state index in [9.17, 15) is 4.79 Å². The number of benzene rings is 1. The summed E-state index contributed by atoms with van der Waals surface area (Å²) < 4.78 is 5.07. The van der Waals surface area contributed by atoms with Gasteiger partial charge >= 0.3 is 0 Å². The van der Waals surface area contributed by atoms with Gasteiger partial charge in [-0.3, -0.25) is 4.79 Å². The van der Waals surface area contributed by atoms with E-state index in [-0.39, 0.29) is 12.5 Å². The lowest BCUT2D eigenvalue weighted by atomic mass is 10.2. The highest BCUT2D eigenvalue weighted by molar-refractivity contribution is 5.93. The van der Waals surface area contributed by atoms with Crippen molar-refractivity contribution in [2.45, 2.75) is 13.0 Å². The standard InChI is InChI=1S/C13H12N2O2/c1-3-8-17-10(2)13(16)15-12-6-4-11(9-14)5-7-12/h1,4-7,10H,8H2,2H3,(H,15,16). The summed E-state index contributed by atoms with van der Waals surface area (Å²) in [7, 11) is 0. The van der Waals surface area contributed by atoms with Gasteiger partial charge in [0.2, 0.25) is 0 Å². The predicted octanol–water partition coefficient (Wildman–Crippen LogP) is 1.54. The molecule has 17 heavy (non-hydrogen) atoms. The van der Waals surface area contributed by atoms with Crippen LogP contribution in [-0.4, -0.2) is 18.6 Å². The van der Waals surface area contributed by atoms with Gasteiger partial charge in [-0.15, -0.1) is 6.42 Å². The van der Waals surface area contributed by atoms with Crippen molar-refractivity contribution in [3.05, 3.63) is 29.8 Å². The van der Waals surface area contributed by atoms with E-state index < -0.39 is 6.10 Å². The molecule has 1 aromatic rings. The molecule has 0 heterocycles. The van der Waals surface area contributed by atoms with Gasteiger partial charge in [0.05, 0.1) is 11.6 Å². The number of ether oxygens (including phenoxy) is 1. The molecule has 0 spiro atoms. The second-order valence-corrected chi connectivity index (χ2v) is 3.34. The van der Waals surface area contributed by atoms with E-state index in [0.29, 0.717) is 11.3 Å². The number of hydrogen-bond donors (Lipinski definition) is 1. The molecule has 0 saturated carbocycles. The maximum absolute atomic E-state index is 11.6. The van der Waals surface area contributed by atoms with Gasteiger partial charge in [-0.25, -0.2) is 0 Å². The summed E-state index contributed by atoms with van der Waals surface area (Å²) in [6.07, 6.45) is 4.41. The Hall–Kier alpha value is -2.30. The Balaban J connectivity index is 2.56. The first-order valence-electron chi connectivity index (χ1n) is 5.03. The molecule has 0 saturated heterocycles. The Kier molecular flexibility index (Phi) is 4.75. The van der Waals surface area contributed by atoms with Crippen LogP contribution in [0.5, 0.6) is 0 Å². The molecule has 0 aromatic heterocycles. The van der Waals surface area contributed by atoms with Crippen LogP contribution in [0, 0.1) is 23.7 Å². The van der Waals surface area contributed by atoms with E-state index in [1.165, 1.54) is 0 Å². The highest BCUT2D eigenvalue weighted by Crippen LogP contribution is 2.09. The number of carbonyl (C=O) groups excluding carboxylic acids is 1. The molecule has 1 N–H and O–H groups in total. The van der Waals surface area contributed by atoms with Gasteiger partial charge in [-0.1, -0.05) is 5.92 Å². The Labute approximate surface area is 100 Å². The maximum Gasteiger partial charge on any atom is 0.253 e. The number of terminal acetylenes is 1. The first kappa shape index (κ1) is 12.8. The average molecular weight is 228 g/mol. The number of nitrogens with zero attached hydrogens (tertiary/aromatic N) is 1. The van der Waals surface area contributed by atoms with E-state index in [4.69, 9.17) is 16.4 Å². The van der Waals surface area contributed by atoms with Crippen LogP contribution in [0.3, 0.4) is 0 Å². The highest BCUT2D eigenvalue weighted by atomic mass is 16.5. The van der Waals surface area contributed by atoms with Crippen molar-refractivity contribution in [2.75, 3.05) is 11.9 Å². The molecular formula is C13H12N2O2. The molecule has 4 heteroatoms. The van der Waals surface area contributed by atoms with Gasteiger partial charge in [0, 0.05) is 5.69 Å². The van der Waals surface area contributed by atoms with Gasteiger partial charge in [-0.2, -0.15) is 5.26 Å². The smallest absolute Gasteiger partial charge is 0.253 e. The molecule has 1 amide bonds. The fourth-order valence-electron chi connectivity index (χ4n) is 1.12. The summed E-state index contributed by atoms with van der Waals surface area (Å²) in [6.45, 7) is 1.72. The summed E-state index contributed by atoms with van der Waals surface area (Å²) in [5, 5.41) is 11.3. The first-order valence-corrected chi connectivity index (χ1v) is 5.03. The number of carbonyl (C=O) groups is 1. The summed E-state index contributed by atoms with van der Waals surface area (Å²) in [4.78, 5) is 11.6. The van der Waals surface area contributed by atoms with Crippen molar-refractivity contribution >= 4 is 11.6 Å². The summed E-state index contributed by atoms with van der Waals surface area (Å²) >= 11 is 0. The third kappa shape index (κ3) is 3.98. The average Bonchev–Trinajstić information content (AvgIpc) is 2.36. The van der Waals surface area contributed by atoms with Crippen LogP contribution in [0.2, 0.25) is 0 Å². The largest absolute Gasteiger partial charge is 0.356 e. The van der Waals surface area contributed by atoms with Crippen LogP contribution < -0.4 is 5.32 Å². The Bertz CT molecular complexity index is 466. The fraction of sp³-hybridized carbons (Fsp3) is 0.231. The normalized spacial score (nSPS) is 11.0. The van der Waals surface area contributed by atoms with Crippen LogP contribution in [0.25, 0.3) is 0 Å². The molecule has 1 unspecified atom stereocenters. The first-order chi connectivity index (χ1) is 8.17. The summed E-state index contributed by atoms with van der Waals surface area (Å²) in [5.41, 5.74) is 1.16. The minimum Gasteiger partial charge on any atom is -0.356 e. The second kappa shape index (κ2) is 6.32. The molecule has 1 aromatic carbocycles. The van der Waals surface area contributed by atoms with E-state index >= 15 is 0 Å². The Morgan fingerprint density at radius 2 is 2.18 bits per heavy atom. The van der Waals surface area contributed by atoms with Crippen molar-refractivity contribution < 1.29 is 9.53 Å². The van der Waals surface area contributed by atoms with Gasteiger partial charge in [0.15, 0.2) is 0 Å². The molecule has 0 aliphatic rings. The quantitative estimate of drug-likeness (QED) is 0.795. The second-order valence-electron chi connectivity index (χ2n) is 3.34. The number of nitrogens with one attached hydrogen (secondary N) is 1. The van der Waals surface area contributed by atoms with Gasteiger partial charge in [0.1, 0.15) is 12.7 Å². The number of nitriles is 1. The SMILES string of the molecule is C#CCOC(C)C(=O)Nc1ccc(C#N)cc1. The molecule has 4 nitrogen and oxygen atoms in total. The van der Waals surface area contributed by atoms with Crippen molar-refractivity contribution in [3.8, 4) is 18.4 Å². The third-order valence-corrected chi connectivity index (χ3v) is 2.07. The molecule has 0 aliphatic carbocycles.